The third-order valence-electron chi connectivity index (χ3n) is 5.21. The molecule has 0 spiro atoms. The van der Waals surface area contributed by atoms with Gasteiger partial charge < -0.3 is 10.2 Å². The smallest absolute Gasteiger partial charge is 0.225 e. The maximum absolute atomic E-state index is 12.8. The highest BCUT2D eigenvalue weighted by Gasteiger charge is 2.30. The number of aromatic nitrogens is 1. The van der Waals surface area contributed by atoms with Crippen LogP contribution in [0.2, 0.25) is 0 Å². The van der Waals surface area contributed by atoms with Crippen molar-refractivity contribution < 1.29 is 4.79 Å². The van der Waals surface area contributed by atoms with Crippen molar-refractivity contribution in [3.05, 3.63) is 59.8 Å². The first-order chi connectivity index (χ1) is 11.8. The fraction of sp³-hybridized carbons (Fsp3) is 0.400. The molecule has 0 saturated carbocycles. The van der Waals surface area contributed by atoms with Crippen molar-refractivity contribution in [1.82, 2.24) is 10.3 Å². The molecule has 1 fully saturated rings. The standard InChI is InChI=1S/C20H23N3O/c24-20(22-18-11-10-15-6-1-2-8-17(15)18)16-7-5-13-23(14-16)19-9-3-4-12-21-19/h1-4,6,8-9,12,16,18H,5,7,10-11,13-14H2,(H,22,24)/t16-,18+/m1/s1. The Morgan fingerprint density at radius 2 is 2.00 bits per heavy atom. The Kier molecular flexibility index (Phi) is 4.20. The van der Waals surface area contributed by atoms with Crippen LogP contribution in [0, 0.1) is 5.92 Å². The number of fused-ring (bicyclic) bond motifs is 1. The van der Waals surface area contributed by atoms with Crippen molar-refractivity contribution in [2.45, 2.75) is 31.7 Å². The molecule has 1 aromatic heterocycles. The van der Waals surface area contributed by atoms with Gasteiger partial charge in [-0.2, -0.15) is 0 Å². The predicted octanol–water partition coefficient (Wildman–Crippen LogP) is 3.10. The molecule has 0 radical (unpaired) electrons. The van der Waals surface area contributed by atoms with Gasteiger partial charge in [-0.1, -0.05) is 30.3 Å². The lowest BCUT2D eigenvalue weighted by Gasteiger charge is -2.33. The minimum atomic E-state index is 0.0496. The average molecular weight is 321 g/mol. The molecule has 0 unspecified atom stereocenters. The van der Waals surface area contributed by atoms with Crippen LogP contribution in [0.15, 0.2) is 48.7 Å². The van der Waals surface area contributed by atoms with Gasteiger partial charge >= 0.3 is 0 Å². The summed E-state index contributed by atoms with van der Waals surface area (Å²) in [6.45, 7) is 1.74. The molecule has 2 aliphatic rings. The molecule has 4 heteroatoms. The van der Waals surface area contributed by atoms with Crippen LogP contribution < -0.4 is 10.2 Å². The molecule has 1 aliphatic heterocycles. The van der Waals surface area contributed by atoms with Crippen LogP contribution in [0.4, 0.5) is 5.82 Å². The molecule has 1 amide bonds. The summed E-state index contributed by atoms with van der Waals surface area (Å²) in [6, 6.07) is 14.6. The van der Waals surface area contributed by atoms with Crippen molar-refractivity contribution >= 4 is 11.7 Å². The molecule has 1 aromatic carbocycles. The number of carbonyl (C=O) groups is 1. The van der Waals surface area contributed by atoms with Gasteiger partial charge in [0, 0.05) is 19.3 Å². The number of hydrogen-bond acceptors (Lipinski definition) is 3. The van der Waals surface area contributed by atoms with Crippen LogP contribution >= 0.6 is 0 Å². The summed E-state index contributed by atoms with van der Waals surface area (Å²) in [5.41, 5.74) is 2.67. The van der Waals surface area contributed by atoms with Gasteiger partial charge in [-0.25, -0.2) is 4.98 Å². The van der Waals surface area contributed by atoms with Gasteiger partial charge in [0.05, 0.1) is 12.0 Å². The lowest BCUT2D eigenvalue weighted by molar-refractivity contribution is -0.126. The summed E-state index contributed by atoms with van der Waals surface area (Å²) in [4.78, 5) is 19.4. The van der Waals surface area contributed by atoms with Crippen LogP contribution in [0.25, 0.3) is 0 Å². The number of amides is 1. The number of carbonyl (C=O) groups excluding carboxylic acids is 1. The minimum Gasteiger partial charge on any atom is -0.356 e. The predicted molar refractivity (Wildman–Crippen MR) is 94.8 cm³/mol. The molecule has 124 valence electrons. The number of rotatable bonds is 3. The second-order valence-electron chi connectivity index (χ2n) is 6.77. The van der Waals surface area contributed by atoms with Crippen LogP contribution in [-0.4, -0.2) is 24.0 Å². The van der Waals surface area contributed by atoms with Gasteiger partial charge in [-0.15, -0.1) is 0 Å². The second-order valence-corrected chi connectivity index (χ2v) is 6.77. The zero-order chi connectivity index (χ0) is 16.4. The first kappa shape index (κ1) is 15.2. The van der Waals surface area contributed by atoms with E-state index in [9.17, 15) is 4.79 Å². The maximum Gasteiger partial charge on any atom is 0.225 e. The summed E-state index contributed by atoms with van der Waals surface area (Å²) in [5, 5.41) is 3.29. The van der Waals surface area contributed by atoms with Gasteiger partial charge in [0.25, 0.3) is 0 Å². The number of pyridine rings is 1. The molecule has 24 heavy (non-hydrogen) atoms. The Morgan fingerprint density at radius 1 is 1.12 bits per heavy atom. The third kappa shape index (κ3) is 3.01. The Morgan fingerprint density at radius 3 is 2.88 bits per heavy atom. The fourth-order valence-corrected chi connectivity index (χ4v) is 3.94. The van der Waals surface area contributed by atoms with E-state index < -0.39 is 0 Å². The van der Waals surface area contributed by atoms with Gasteiger partial charge in [0.2, 0.25) is 5.91 Å². The molecule has 1 N–H and O–H groups in total. The van der Waals surface area contributed by atoms with E-state index in [4.69, 9.17) is 0 Å². The largest absolute Gasteiger partial charge is 0.356 e. The Bertz CT molecular complexity index is 716. The summed E-state index contributed by atoms with van der Waals surface area (Å²) < 4.78 is 0. The molecule has 2 heterocycles. The minimum absolute atomic E-state index is 0.0496. The van der Waals surface area contributed by atoms with Crippen LogP contribution in [0.1, 0.15) is 36.4 Å². The van der Waals surface area contributed by atoms with Crippen LogP contribution in [-0.2, 0) is 11.2 Å². The summed E-state index contributed by atoms with van der Waals surface area (Å²) in [7, 11) is 0. The van der Waals surface area contributed by atoms with Crippen LogP contribution in [0.5, 0.6) is 0 Å². The third-order valence-corrected chi connectivity index (χ3v) is 5.21. The zero-order valence-corrected chi connectivity index (χ0v) is 13.8. The quantitative estimate of drug-likeness (QED) is 0.945. The molecule has 0 bridgehead atoms. The summed E-state index contributed by atoms with van der Waals surface area (Å²) in [6.07, 6.45) is 5.89. The number of anilines is 1. The molecule has 2 atom stereocenters. The highest BCUT2D eigenvalue weighted by molar-refractivity contribution is 5.80. The van der Waals surface area contributed by atoms with Crippen molar-refractivity contribution in [2.75, 3.05) is 18.0 Å². The normalized spacial score (nSPS) is 22.9. The van der Waals surface area contributed by atoms with Gasteiger partial charge in [-0.3, -0.25) is 4.79 Å². The topological polar surface area (TPSA) is 45.2 Å². The molecular formula is C20H23N3O. The number of piperidine rings is 1. The number of aryl methyl sites for hydroxylation is 1. The maximum atomic E-state index is 12.8. The van der Waals surface area contributed by atoms with E-state index in [2.05, 4.69) is 39.5 Å². The highest BCUT2D eigenvalue weighted by atomic mass is 16.2. The first-order valence-corrected chi connectivity index (χ1v) is 8.85. The molecule has 4 nitrogen and oxygen atoms in total. The Balaban J connectivity index is 1.42. The van der Waals surface area contributed by atoms with E-state index in [-0.39, 0.29) is 17.9 Å². The van der Waals surface area contributed by atoms with E-state index >= 15 is 0 Å². The number of nitrogens with one attached hydrogen (secondary N) is 1. The molecule has 1 saturated heterocycles. The van der Waals surface area contributed by atoms with E-state index in [1.54, 1.807) is 0 Å². The van der Waals surface area contributed by atoms with Gasteiger partial charge in [0.15, 0.2) is 0 Å². The molecule has 4 rings (SSSR count). The summed E-state index contributed by atoms with van der Waals surface area (Å²) >= 11 is 0. The van der Waals surface area contributed by atoms with E-state index in [1.165, 1.54) is 11.1 Å². The van der Waals surface area contributed by atoms with E-state index in [1.807, 2.05) is 24.4 Å². The van der Waals surface area contributed by atoms with Crippen molar-refractivity contribution in [3.8, 4) is 0 Å². The zero-order valence-electron chi connectivity index (χ0n) is 13.8. The number of nitrogens with zero attached hydrogens (tertiary/aromatic N) is 2. The molecule has 2 aromatic rings. The fourth-order valence-electron chi connectivity index (χ4n) is 3.94. The number of benzene rings is 1. The first-order valence-electron chi connectivity index (χ1n) is 8.85. The lowest BCUT2D eigenvalue weighted by Crippen LogP contribution is -2.44. The number of hydrogen-bond donors (Lipinski definition) is 1. The summed E-state index contributed by atoms with van der Waals surface area (Å²) in [5.74, 6) is 1.21. The Labute approximate surface area is 142 Å². The Hall–Kier alpha value is -2.36. The van der Waals surface area contributed by atoms with Crippen molar-refractivity contribution in [1.29, 1.82) is 0 Å². The molecular weight excluding hydrogens is 298 g/mol. The average Bonchev–Trinajstić information content (AvgIpc) is 3.06. The van der Waals surface area contributed by atoms with Gasteiger partial charge in [-0.05, 0) is 48.9 Å². The monoisotopic (exact) mass is 321 g/mol. The van der Waals surface area contributed by atoms with Gasteiger partial charge in [0.1, 0.15) is 5.82 Å². The van der Waals surface area contributed by atoms with E-state index in [0.29, 0.717) is 0 Å². The highest BCUT2D eigenvalue weighted by Crippen LogP contribution is 2.31. The second kappa shape index (κ2) is 6.63. The SMILES string of the molecule is O=C(N[C@H]1CCc2ccccc21)[C@@H]1CCCN(c2ccccn2)C1. The molecule has 1 aliphatic carbocycles. The van der Waals surface area contributed by atoms with Crippen molar-refractivity contribution in [3.63, 3.8) is 0 Å². The van der Waals surface area contributed by atoms with Crippen molar-refractivity contribution in [2.24, 2.45) is 5.92 Å². The van der Waals surface area contributed by atoms with E-state index in [0.717, 1.165) is 44.6 Å². The lowest BCUT2D eigenvalue weighted by atomic mass is 9.96. The van der Waals surface area contributed by atoms with Crippen LogP contribution in [0.3, 0.4) is 0 Å².